The van der Waals surface area contributed by atoms with Gasteiger partial charge in [-0.3, -0.25) is 0 Å². The lowest BCUT2D eigenvalue weighted by atomic mass is 10.2. The van der Waals surface area contributed by atoms with E-state index in [1.54, 1.807) is 18.3 Å². The molecule has 2 nitrogen and oxygen atoms in total. The molecule has 0 aliphatic carbocycles. The van der Waals surface area contributed by atoms with Crippen LogP contribution in [-0.2, 0) is 0 Å². The summed E-state index contributed by atoms with van der Waals surface area (Å²) in [6, 6.07) is 6.35. The summed E-state index contributed by atoms with van der Waals surface area (Å²) < 4.78 is 13.1. The van der Waals surface area contributed by atoms with Gasteiger partial charge in [0.15, 0.2) is 0 Å². The standard InChI is InChI=1S/C11H6ClFN2/c12-11-4-8-7-3-6(13)1-2-9(7)15-10(8)5-14-11/h1-5,15H. The van der Waals surface area contributed by atoms with Gasteiger partial charge < -0.3 is 4.98 Å². The largest absolute Gasteiger partial charge is 0.353 e. The predicted octanol–water partition coefficient (Wildman–Crippen LogP) is 3.51. The van der Waals surface area contributed by atoms with Crippen molar-refractivity contribution in [3.05, 3.63) is 41.4 Å². The third-order valence-electron chi connectivity index (χ3n) is 2.41. The lowest BCUT2D eigenvalue weighted by Gasteiger charge is -1.91. The van der Waals surface area contributed by atoms with Gasteiger partial charge in [0.25, 0.3) is 0 Å². The van der Waals surface area contributed by atoms with Crippen molar-refractivity contribution >= 4 is 33.4 Å². The van der Waals surface area contributed by atoms with E-state index >= 15 is 0 Å². The number of pyridine rings is 1. The first-order chi connectivity index (χ1) is 7.24. The molecule has 2 aromatic heterocycles. The maximum atomic E-state index is 13.1. The zero-order chi connectivity index (χ0) is 10.4. The number of hydrogen-bond acceptors (Lipinski definition) is 1. The van der Waals surface area contributed by atoms with E-state index in [0.717, 1.165) is 21.8 Å². The number of H-pyrrole nitrogens is 1. The van der Waals surface area contributed by atoms with E-state index in [1.807, 2.05) is 0 Å². The minimum Gasteiger partial charge on any atom is -0.353 e. The molecule has 0 atom stereocenters. The highest BCUT2D eigenvalue weighted by Gasteiger charge is 2.05. The summed E-state index contributed by atoms with van der Waals surface area (Å²) in [4.78, 5) is 7.11. The number of rotatable bonds is 0. The van der Waals surface area contributed by atoms with Gasteiger partial charge in [-0.15, -0.1) is 0 Å². The van der Waals surface area contributed by atoms with Crippen LogP contribution in [0.4, 0.5) is 4.39 Å². The van der Waals surface area contributed by atoms with Crippen molar-refractivity contribution in [2.24, 2.45) is 0 Å². The third kappa shape index (κ3) is 1.27. The zero-order valence-corrected chi connectivity index (χ0v) is 8.35. The summed E-state index contributed by atoms with van der Waals surface area (Å²) in [6.07, 6.45) is 1.65. The average molecular weight is 221 g/mol. The predicted molar refractivity (Wildman–Crippen MR) is 58.6 cm³/mol. The first kappa shape index (κ1) is 8.68. The van der Waals surface area contributed by atoms with Gasteiger partial charge in [0.2, 0.25) is 0 Å². The molecule has 15 heavy (non-hydrogen) atoms. The molecule has 0 aliphatic rings. The highest BCUT2D eigenvalue weighted by molar-refractivity contribution is 6.30. The lowest BCUT2D eigenvalue weighted by Crippen LogP contribution is -1.74. The van der Waals surface area contributed by atoms with Crippen molar-refractivity contribution in [2.75, 3.05) is 0 Å². The quantitative estimate of drug-likeness (QED) is 0.577. The van der Waals surface area contributed by atoms with Gasteiger partial charge in [0.05, 0.1) is 11.7 Å². The van der Waals surface area contributed by atoms with Gasteiger partial charge in [-0.2, -0.15) is 0 Å². The topological polar surface area (TPSA) is 28.7 Å². The second-order valence-electron chi connectivity index (χ2n) is 3.37. The van der Waals surface area contributed by atoms with Crippen molar-refractivity contribution < 1.29 is 4.39 Å². The van der Waals surface area contributed by atoms with Crippen molar-refractivity contribution in [3.8, 4) is 0 Å². The van der Waals surface area contributed by atoms with E-state index in [0.29, 0.717) is 5.15 Å². The Labute approximate surface area is 89.7 Å². The van der Waals surface area contributed by atoms with Gasteiger partial charge in [-0.25, -0.2) is 9.37 Å². The number of aromatic amines is 1. The molecule has 74 valence electrons. The van der Waals surface area contributed by atoms with Gasteiger partial charge >= 0.3 is 0 Å². The molecule has 0 aliphatic heterocycles. The van der Waals surface area contributed by atoms with Crippen molar-refractivity contribution in [2.45, 2.75) is 0 Å². The monoisotopic (exact) mass is 220 g/mol. The Morgan fingerprint density at radius 3 is 2.80 bits per heavy atom. The highest BCUT2D eigenvalue weighted by Crippen LogP contribution is 2.26. The van der Waals surface area contributed by atoms with Crippen LogP contribution in [0.25, 0.3) is 21.8 Å². The molecule has 0 unspecified atom stereocenters. The number of aromatic nitrogens is 2. The second kappa shape index (κ2) is 2.94. The van der Waals surface area contributed by atoms with E-state index in [9.17, 15) is 4.39 Å². The van der Waals surface area contributed by atoms with Crippen LogP contribution in [0.3, 0.4) is 0 Å². The van der Waals surface area contributed by atoms with Gasteiger partial charge in [-0.05, 0) is 24.3 Å². The number of hydrogen-bond donors (Lipinski definition) is 1. The van der Waals surface area contributed by atoms with E-state index < -0.39 is 0 Å². The third-order valence-corrected chi connectivity index (χ3v) is 2.62. The molecule has 3 aromatic rings. The van der Waals surface area contributed by atoms with Crippen LogP contribution in [0.15, 0.2) is 30.5 Å². The molecule has 2 heterocycles. The fraction of sp³-hybridized carbons (Fsp3) is 0. The summed E-state index contributed by atoms with van der Waals surface area (Å²) in [5.74, 6) is -0.253. The Kier molecular flexibility index (Phi) is 1.70. The number of halogens is 2. The van der Waals surface area contributed by atoms with Crippen LogP contribution < -0.4 is 0 Å². The maximum absolute atomic E-state index is 13.1. The van der Waals surface area contributed by atoms with Crippen molar-refractivity contribution in [1.82, 2.24) is 9.97 Å². The van der Waals surface area contributed by atoms with Crippen molar-refractivity contribution in [3.63, 3.8) is 0 Å². The first-order valence-corrected chi connectivity index (χ1v) is 4.84. The van der Waals surface area contributed by atoms with Gasteiger partial charge in [0.1, 0.15) is 11.0 Å². The summed E-state index contributed by atoms with van der Waals surface area (Å²) in [6.45, 7) is 0. The summed E-state index contributed by atoms with van der Waals surface area (Å²) in [7, 11) is 0. The Bertz CT molecular complexity index is 604. The van der Waals surface area contributed by atoms with E-state index in [1.165, 1.54) is 12.1 Å². The van der Waals surface area contributed by atoms with Crippen LogP contribution in [-0.4, -0.2) is 9.97 Å². The van der Waals surface area contributed by atoms with E-state index in [4.69, 9.17) is 11.6 Å². The maximum Gasteiger partial charge on any atom is 0.129 e. The van der Waals surface area contributed by atoms with Crippen LogP contribution >= 0.6 is 11.6 Å². The number of benzene rings is 1. The average Bonchev–Trinajstić information content (AvgIpc) is 2.56. The van der Waals surface area contributed by atoms with Crippen LogP contribution in [0.2, 0.25) is 5.15 Å². The molecule has 0 saturated carbocycles. The van der Waals surface area contributed by atoms with E-state index in [2.05, 4.69) is 9.97 Å². The fourth-order valence-electron chi connectivity index (χ4n) is 1.75. The Hall–Kier alpha value is -1.61. The van der Waals surface area contributed by atoms with Crippen molar-refractivity contribution in [1.29, 1.82) is 0 Å². The SMILES string of the molecule is Fc1ccc2[nH]c3cnc(Cl)cc3c2c1. The van der Waals surface area contributed by atoms with Gasteiger partial charge in [-0.1, -0.05) is 11.6 Å². The number of nitrogens with one attached hydrogen (secondary N) is 1. The summed E-state index contributed by atoms with van der Waals surface area (Å²) >= 11 is 5.80. The Balaban J connectivity index is 2.55. The highest BCUT2D eigenvalue weighted by atomic mass is 35.5. The summed E-state index contributed by atoms with van der Waals surface area (Å²) in [5, 5.41) is 2.13. The zero-order valence-electron chi connectivity index (χ0n) is 7.59. The fourth-order valence-corrected chi connectivity index (χ4v) is 1.90. The molecule has 1 aromatic carbocycles. The molecule has 0 amide bonds. The second-order valence-corrected chi connectivity index (χ2v) is 3.75. The smallest absolute Gasteiger partial charge is 0.129 e. The Morgan fingerprint density at radius 1 is 1.13 bits per heavy atom. The molecule has 1 N–H and O–H groups in total. The van der Waals surface area contributed by atoms with E-state index in [-0.39, 0.29) is 5.82 Å². The minimum atomic E-state index is -0.253. The summed E-state index contributed by atoms with van der Waals surface area (Å²) in [5.41, 5.74) is 1.75. The molecule has 0 spiro atoms. The molecule has 4 heteroatoms. The van der Waals surface area contributed by atoms with Gasteiger partial charge in [0, 0.05) is 16.3 Å². The molecule has 0 saturated heterocycles. The van der Waals surface area contributed by atoms with Crippen LogP contribution in [0.5, 0.6) is 0 Å². The minimum absolute atomic E-state index is 0.253. The molecule has 0 bridgehead atoms. The van der Waals surface area contributed by atoms with Crippen LogP contribution in [0, 0.1) is 5.82 Å². The van der Waals surface area contributed by atoms with Crippen LogP contribution in [0.1, 0.15) is 0 Å². The lowest BCUT2D eigenvalue weighted by molar-refractivity contribution is 0.630. The normalized spacial score (nSPS) is 11.3. The molecular formula is C11H6ClFN2. The first-order valence-electron chi connectivity index (χ1n) is 4.46. The molecule has 0 radical (unpaired) electrons. The molecule has 3 rings (SSSR count). The molecule has 0 fully saturated rings. The Morgan fingerprint density at radius 2 is 1.93 bits per heavy atom. The number of nitrogens with zero attached hydrogens (tertiary/aromatic N) is 1. The number of fused-ring (bicyclic) bond motifs is 3. The molecular weight excluding hydrogens is 215 g/mol.